The SMILES string of the molecule is CNC(=O)OC(=O)c1ccc(N(C(=O)OC(C)(C)C)c2ncc(C(F)(F)F)c(N(Cc3nccnc3N(C)S(C)(=O)=O)C(=O)OC(C)(C)C)n2)cc1. The van der Waals surface area contributed by atoms with E-state index in [1.165, 1.54) is 60.7 Å². The van der Waals surface area contributed by atoms with Gasteiger partial charge in [0.15, 0.2) is 11.6 Å². The van der Waals surface area contributed by atoms with E-state index in [0.29, 0.717) is 16.0 Å². The van der Waals surface area contributed by atoms with Gasteiger partial charge in [-0.25, -0.2) is 42.5 Å². The number of amides is 3. The molecule has 1 N–H and O–H groups in total. The number of carbonyl (C=O) groups excluding carboxylic acids is 4. The predicted octanol–water partition coefficient (Wildman–Crippen LogP) is 5.19. The first-order chi connectivity index (χ1) is 23.8. The van der Waals surface area contributed by atoms with E-state index < -0.39 is 75.5 Å². The molecule has 0 radical (unpaired) electrons. The van der Waals surface area contributed by atoms with Gasteiger partial charge in [0.1, 0.15) is 22.5 Å². The van der Waals surface area contributed by atoms with Gasteiger partial charge in [0.25, 0.3) is 0 Å². The summed E-state index contributed by atoms with van der Waals surface area (Å²) >= 11 is 0. The number of alkyl carbamates (subject to hydrolysis) is 1. The van der Waals surface area contributed by atoms with Crippen molar-refractivity contribution in [1.29, 1.82) is 0 Å². The van der Waals surface area contributed by atoms with Crippen LogP contribution in [0.15, 0.2) is 42.9 Å². The highest BCUT2D eigenvalue weighted by atomic mass is 32.2. The molecule has 0 saturated heterocycles. The van der Waals surface area contributed by atoms with Gasteiger partial charge < -0.3 is 19.5 Å². The van der Waals surface area contributed by atoms with Crippen LogP contribution in [0.4, 0.5) is 50.8 Å². The molecular weight excluding hydrogens is 717 g/mol. The number of sulfonamides is 1. The van der Waals surface area contributed by atoms with Gasteiger partial charge in [0.2, 0.25) is 16.0 Å². The Bertz CT molecular complexity index is 1930. The molecule has 52 heavy (non-hydrogen) atoms. The normalized spacial score (nSPS) is 12.0. The van der Waals surface area contributed by atoms with Crippen molar-refractivity contribution in [3.05, 3.63) is 59.7 Å². The first-order valence-electron chi connectivity index (χ1n) is 15.1. The molecule has 3 aromatic rings. The zero-order valence-electron chi connectivity index (χ0n) is 29.6. The molecule has 21 heteroatoms. The number of nitrogens with zero attached hydrogens (tertiary/aromatic N) is 7. The third kappa shape index (κ3) is 10.7. The van der Waals surface area contributed by atoms with E-state index >= 15 is 0 Å². The minimum absolute atomic E-state index is 0.119. The van der Waals surface area contributed by atoms with Crippen LogP contribution in [0.5, 0.6) is 0 Å². The van der Waals surface area contributed by atoms with Crippen LogP contribution in [0.2, 0.25) is 0 Å². The fraction of sp³-hybridized carbons (Fsp3) is 0.419. The lowest BCUT2D eigenvalue weighted by Crippen LogP contribution is -2.40. The van der Waals surface area contributed by atoms with Crippen LogP contribution in [-0.4, -0.2) is 84.2 Å². The maximum absolute atomic E-state index is 14.6. The van der Waals surface area contributed by atoms with E-state index in [1.54, 1.807) is 0 Å². The van der Waals surface area contributed by atoms with Gasteiger partial charge in [-0.3, -0.25) is 14.2 Å². The summed E-state index contributed by atoms with van der Waals surface area (Å²) in [6.07, 6.45) is -5.29. The minimum atomic E-state index is -5.19. The van der Waals surface area contributed by atoms with Gasteiger partial charge in [-0.05, 0) is 65.8 Å². The van der Waals surface area contributed by atoms with Gasteiger partial charge >= 0.3 is 30.4 Å². The number of anilines is 4. The number of rotatable bonds is 8. The van der Waals surface area contributed by atoms with Gasteiger partial charge in [-0.1, -0.05) is 0 Å². The summed E-state index contributed by atoms with van der Waals surface area (Å²) in [5.41, 5.74) is -4.45. The third-order valence-corrected chi connectivity index (χ3v) is 7.48. The second kappa shape index (κ2) is 15.3. The average Bonchev–Trinajstić information content (AvgIpc) is 3.01. The lowest BCUT2D eigenvalue weighted by molar-refractivity contribution is -0.137. The summed E-state index contributed by atoms with van der Waals surface area (Å²) in [5, 5.41) is 2.11. The molecule has 1 aromatic carbocycles. The van der Waals surface area contributed by atoms with E-state index in [1.807, 2.05) is 0 Å². The molecule has 3 rings (SSSR count). The second-order valence-corrected chi connectivity index (χ2v) is 14.8. The first-order valence-corrected chi connectivity index (χ1v) is 16.9. The highest BCUT2D eigenvalue weighted by Crippen LogP contribution is 2.38. The van der Waals surface area contributed by atoms with Crippen molar-refractivity contribution < 1.29 is 55.0 Å². The number of hydrogen-bond donors (Lipinski definition) is 1. The fourth-order valence-corrected chi connectivity index (χ4v) is 4.48. The molecule has 2 aromatic heterocycles. The Balaban J connectivity index is 2.32. The summed E-state index contributed by atoms with van der Waals surface area (Å²) in [6.45, 7) is 8.10. The topological polar surface area (TPSA) is 203 Å². The van der Waals surface area contributed by atoms with Crippen LogP contribution in [0.3, 0.4) is 0 Å². The molecule has 0 aliphatic carbocycles. The maximum atomic E-state index is 14.6. The molecule has 0 bridgehead atoms. The Morgan fingerprint density at radius 2 is 1.40 bits per heavy atom. The zero-order valence-corrected chi connectivity index (χ0v) is 30.4. The smallest absolute Gasteiger partial charge is 0.421 e. The largest absolute Gasteiger partial charge is 0.443 e. The van der Waals surface area contributed by atoms with Gasteiger partial charge in [-0.15, -0.1) is 0 Å². The van der Waals surface area contributed by atoms with Crippen molar-refractivity contribution in [1.82, 2.24) is 25.3 Å². The molecule has 0 spiro atoms. The molecule has 0 aliphatic heterocycles. The van der Waals surface area contributed by atoms with Crippen molar-refractivity contribution in [2.75, 3.05) is 34.5 Å². The summed E-state index contributed by atoms with van der Waals surface area (Å²) in [5.74, 6) is -3.20. The number of hydrogen-bond acceptors (Lipinski definition) is 13. The number of esters is 1. The zero-order chi connectivity index (χ0) is 39.4. The van der Waals surface area contributed by atoms with Gasteiger partial charge in [0.05, 0.1) is 24.1 Å². The number of carbonyl (C=O) groups is 4. The van der Waals surface area contributed by atoms with Crippen LogP contribution < -0.4 is 19.4 Å². The molecule has 2 heterocycles. The van der Waals surface area contributed by atoms with Crippen molar-refractivity contribution in [2.24, 2.45) is 0 Å². The predicted molar refractivity (Wildman–Crippen MR) is 179 cm³/mol. The molecule has 0 aliphatic rings. The molecule has 3 amide bonds. The minimum Gasteiger partial charge on any atom is -0.443 e. The van der Waals surface area contributed by atoms with Crippen molar-refractivity contribution in [3.8, 4) is 0 Å². The molecule has 17 nitrogen and oxygen atoms in total. The van der Waals surface area contributed by atoms with Crippen LogP contribution in [0.1, 0.15) is 63.2 Å². The Hall–Kier alpha value is -5.60. The Labute approximate surface area is 297 Å². The van der Waals surface area contributed by atoms with E-state index in [9.17, 15) is 40.8 Å². The Morgan fingerprint density at radius 3 is 1.92 bits per heavy atom. The van der Waals surface area contributed by atoms with Crippen LogP contribution in [0.25, 0.3) is 0 Å². The van der Waals surface area contributed by atoms with E-state index in [2.05, 4.69) is 30.0 Å². The fourth-order valence-electron chi connectivity index (χ4n) is 4.01. The highest BCUT2D eigenvalue weighted by molar-refractivity contribution is 7.92. The highest BCUT2D eigenvalue weighted by Gasteiger charge is 2.41. The number of ether oxygens (including phenoxy) is 3. The molecule has 0 unspecified atom stereocenters. The quantitative estimate of drug-likeness (QED) is 0.179. The van der Waals surface area contributed by atoms with Crippen molar-refractivity contribution in [2.45, 2.75) is 65.5 Å². The Kier molecular flexibility index (Phi) is 12.0. The number of alkyl halides is 3. The molecule has 282 valence electrons. The summed E-state index contributed by atoms with van der Waals surface area (Å²) in [4.78, 5) is 68.3. The number of aromatic nitrogens is 4. The Morgan fingerprint density at radius 1 is 0.846 bits per heavy atom. The van der Waals surface area contributed by atoms with Crippen LogP contribution >= 0.6 is 0 Å². The summed E-state index contributed by atoms with van der Waals surface area (Å²) in [6, 6.07) is 4.68. The molecule has 0 fully saturated rings. The lowest BCUT2D eigenvalue weighted by atomic mass is 10.2. The number of benzene rings is 1. The summed E-state index contributed by atoms with van der Waals surface area (Å²) in [7, 11) is -1.60. The van der Waals surface area contributed by atoms with Crippen LogP contribution in [0, 0.1) is 0 Å². The van der Waals surface area contributed by atoms with Crippen LogP contribution in [-0.2, 0) is 37.0 Å². The van der Waals surface area contributed by atoms with Gasteiger partial charge in [0, 0.05) is 32.7 Å². The van der Waals surface area contributed by atoms with E-state index in [0.717, 1.165) is 42.1 Å². The van der Waals surface area contributed by atoms with Crippen molar-refractivity contribution in [3.63, 3.8) is 0 Å². The summed E-state index contributed by atoms with van der Waals surface area (Å²) < 4.78 is 84.9. The number of nitrogens with one attached hydrogen (secondary N) is 1. The standard InChI is InChI=1S/C31H37F3N8O9S/c1-29(2,3)50-27(45)41(17-21-23(37-15-14-36-21)40(8)52(9,47)48)22-20(31(32,33)34)16-38-25(39-22)42(28(46)51-30(4,5)6)19-12-10-18(11-13-19)24(43)49-26(44)35-7/h10-16H,17H2,1-9H3,(H,35,44). The average molecular weight is 755 g/mol. The second-order valence-electron chi connectivity index (χ2n) is 12.8. The number of halogens is 3. The van der Waals surface area contributed by atoms with Crippen molar-refractivity contribution >= 4 is 57.5 Å². The maximum Gasteiger partial charge on any atom is 0.421 e. The molecular formula is C31H37F3N8O9S. The monoisotopic (exact) mass is 754 g/mol. The third-order valence-electron chi connectivity index (χ3n) is 6.31. The van der Waals surface area contributed by atoms with E-state index in [4.69, 9.17) is 9.47 Å². The van der Waals surface area contributed by atoms with Gasteiger partial charge in [-0.2, -0.15) is 18.2 Å². The van der Waals surface area contributed by atoms with E-state index in [-0.39, 0.29) is 22.8 Å². The lowest BCUT2D eigenvalue weighted by Gasteiger charge is -2.30. The molecule has 0 saturated carbocycles. The molecule has 0 atom stereocenters. The first kappa shape index (κ1) is 40.8.